The van der Waals surface area contributed by atoms with Crippen LogP contribution < -0.4 is 5.32 Å². The van der Waals surface area contributed by atoms with E-state index in [2.05, 4.69) is 5.32 Å². The number of hydrogen-bond acceptors (Lipinski definition) is 4. The van der Waals surface area contributed by atoms with Gasteiger partial charge in [0, 0.05) is 13.1 Å². The highest BCUT2D eigenvalue weighted by atomic mass is 16.6. The van der Waals surface area contributed by atoms with Crippen molar-refractivity contribution in [2.45, 2.75) is 37.9 Å². The molecular weight excluding hydrogens is 194 g/mol. The Morgan fingerprint density at radius 3 is 2.93 bits per heavy atom. The molecule has 0 radical (unpaired) electrons. The first kappa shape index (κ1) is 9.60. The molecule has 1 spiro atoms. The molecule has 0 aromatic rings. The van der Waals surface area contributed by atoms with Gasteiger partial charge in [-0.05, 0) is 26.2 Å². The summed E-state index contributed by atoms with van der Waals surface area (Å²) in [6.45, 7) is 3.95. The minimum Gasteiger partial charge on any atom is -0.465 e. The van der Waals surface area contributed by atoms with Gasteiger partial charge in [0.2, 0.25) is 0 Å². The van der Waals surface area contributed by atoms with Crippen LogP contribution in [0.3, 0.4) is 0 Å². The summed E-state index contributed by atoms with van der Waals surface area (Å²) >= 11 is 0. The molecule has 3 fully saturated rings. The third-order valence-electron chi connectivity index (χ3n) is 4.22. The SMILES string of the molecule is CCOC(=O)C12CCC(C1)OC21CNC1. The van der Waals surface area contributed by atoms with Crippen molar-refractivity contribution in [3.63, 3.8) is 0 Å². The summed E-state index contributed by atoms with van der Waals surface area (Å²) in [6, 6.07) is 0. The fraction of sp³-hybridized carbons (Fsp3) is 0.909. The molecule has 2 heterocycles. The summed E-state index contributed by atoms with van der Waals surface area (Å²) < 4.78 is 11.2. The Bertz CT molecular complexity index is 300. The van der Waals surface area contributed by atoms with E-state index in [0.717, 1.165) is 32.4 Å². The topological polar surface area (TPSA) is 47.6 Å². The first-order valence-electron chi connectivity index (χ1n) is 5.78. The molecule has 1 aliphatic carbocycles. The molecular formula is C11H17NO3. The highest BCUT2D eigenvalue weighted by molar-refractivity contribution is 5.80. The van der Waals surface area contributed by atoms with Crippen molar-refractivity contribution in [1.29, 1.82) is 0 Å². The van der Waals surface area contributed by atoms with Gasteiger partial charge >= 0.3 is 5.97 Å². The molecule has 15 heavy (non-hydrogen) atoms. The van der Waals surface area contributed by atoms with E-state index in [9.17, 15) is 4.79 Å². The summed E-state index contributed by atoms with van der Waals surface area (Å²) in [5.41, 5.74) is -0.568. The van der Waals surface area contributed by atoms with E-state index in [1.165, 1.54) is 0 Å². The van der Waals surface area contributed by atoms with Crippen LogP contribution in [0.4, 0.5) is 0 Å². The third kappa shape index (κ3) is 1.01. The van der Waals surface area contributed by atoms with Gasteiger partial charge in [-0.1, -0.05) is 0 Å². The number of nitrogens with one attached hydrogen (secondary N) is 1. The second-order valence-corrected chi connectivity index (χ2v) is 4.88. The first-order chi connectivity index (χ1) is 7.22. The lowest BCUT2D eigenvalue weighted by Gasteiger charge is -2.50. The molecule has 0 aromatic carbocycles. The molecule has 4 heteroatoms. The zero-order chi connectivity index (χ0) is 10.5. The van der Waals surface area contributed by atoms with Gasteiger partial charge in [-0.2, -0.15) is 0 Å². The van der Waals surface area contributed by atoms with E-state index >= 15 is 0 Å². The molecule has 2 saturated heterocycles. The molecule has 0 aromatic heterocycles. The smallest absolute Gasteiger partial charge is 0.315 e. The van der Waals surface area contributed by atoms with Gasteiger partial charge in [0.05, 0.1) is 12.7 Å². The van der Waals surface area contributed by atoms with Crippen molar-refractivity contribution in [1.82, 2.24) is 5.32 Å². The highest BCUT2D eigenvalue weighted by Crippen LogP contribution is 2.58. The summed E-state index contributed by atoms with van der Waals surface area (Å²) in [6.07, 6.45) is 3.11. The average molecular weight is 211 g/mol. The van der Waals surface area contributed by atoms with Gasteiger partial charge in [-0.15, -0.1) is 0 Å². The maximum absolute atomic E-state index is 12.1. The van der Waals surface area contributed by atoms with Crippen LogP contribution in [0.15, 0.2) is 0 Å². The third-order valence-corrected chi connectivity index (χ3v) is 4.22. The Kier molecular flexibility index (Phi) is 1.89. The standard InChI is InChI=1S/C11H17NO3/c1-2-14-9(13)10-4-3-8(5-10)15-11(10)6-12-7-11/h8,12H,2-7H2,1H3. The number of esters is 1. The molecule has 2 atom stereocenters. The van der Waals surface area contributed by atoms with Crippen LogP contribution in [-0.2, 0) is 14.3 Å². The molecule has 3 aliphatic rings. The molecule has 1 saturated carbocycles. The molecule has 2 aliphatic heterocycles. The van der Waals surface area contributed by atoms with Gasteiger partial charge in [-0.25, -0.2) is 0 Å². The summed E-state index contributed by atoms with van der Waals surface area (Å²) in [5, 5.41) is 3.22. The largest absolute Gasteiger partial charge is 0.465 e. The zero-order valence-electron chi connectivity index (χ0n) is 9.04. The minimum atomic E-state index is -0.334. The summed E-state index contributed by atoms with van der Waals surface area (Å²) in [5.74, 6) is -0.0356. The van der Waals surface area contributed by atoms with Crippen molar-refractivity contribution >= 4 is 5.97 Å². The highest BCUT2D eigenvalue weighted by Gasteiger charge is 2.69. The summed E-state index contributed by atoms with van der Waals surface area (Å²) in [4.78, 5) is 12.1. The molecule has 1 N–H and O–H groups in total. The fourth-order valence-corrected chi connectivity index (χ4v) is 3.36. The molecule has 3 rings (SSSR count). The maximum Gasteiger partial charge on any atom is 0.315 e. The summed E-state index contributed by atoms with van der Waals surface area (Å²) in [7, 11) is 0. The van der Waals surface area contributed by atoms with Crippen LogP contribution in [-0.4, -0.2) is 37.4 Å². The monoisotopic (exact) mass is 211 g/mol. The zero-order valence-corrected chi connectivity index (χ0v) is 9.04. The van der Waals surface area contributed by atoms with Crippen LogP contribution >= 0.6 is 0 Å². The Morgan fingerprint density at radius 1 is 1.60 bits per heavy atom. The molecule has 84 valence electrons. The van der Waals surface area contributed by atoms with Crippen LogP contribution in [0.2, 0.25) is 0 Å². The minimum absolute atomic E-state index is 0.0356. The maximum atomic E-state index is 12.1. The number of hydrogen-bond donors (Lipinski definition) is 1. The first-order valence-corrected chi connectivity index (χ1v) is 5.78. The van der Waals surface area contributed by atoms with Crippen LogP contribution in [0.1, 0.15) is 26.2 Å². The fourth-order valence-electron chi connectivity index (χ4n) is 3.36. The van der Waals surface area contributed by atoms with Crippen LogP contribution in [0.5, 0.6) is 0 Å². The van der Waals surface area contributed by atoms with Crippen LogP contribution in [0, 0.1) is 5.41 Å². The Hall–Kier alpha value is -0.610. The van der Waals surface area contributed by atoms with E-state index in [1.807, 2.05) is 6.92 Å². The van der Waals surface area contributed by atoms with Crippen molar-refractivity contribution in [2.24, 2.45) is 5.41 Å². The van der Waals surface area contributed by atoms with Gasteiger partial charge in [0.1, 0.15) is 11.0 Å². The lowest BCUT2D eigenvalue weighted by molar-refractivity contribution is -0.187. The van der Waals surface area contributed by atoms with Crippen molar-refractivity contribution < 1.29 is 14.3 Å². The van der Waals surface area contributed by atoms with Crippen LogP contribution in [0.25, 0.3) is 0 Å². The Morgan fingerprint density at radius 2 is 2.40 bits per heavy atom. The number of carbonyl (C=O) groups is 1. The molecule has 0 amide bonds. The van der Waals surface area contributed by atoms with Crippen molar-refractivity contribution in [3.05, 3.63) is 0 Å². The normalized spacial score (nSPS) is 40.5. The van der Waals surface area contributed by atoms with Gasteiger partial charge < -0.3 is 14.8 Å². The predicted molar refractivity (Wildman–Crippen MR) is 53.4 cm³/mol. The van der Waals surface area contributed by atoms with Gasteiger partial charge in [0.15, 0.2) is 0 Å². The second-order valence-electron chi connectivity index (χ2n) is 4.88. The Balaban J connectivity index is 1.90. The number of fused-ring (bicyclic) bond motifs is 3. The lowest BCUT2D eigenvalue weighted by atomic mass is 9.68. The van der Waals surface area contributed by atoms with Crippen molar-refractivity contribution in [2.75, 3.05) is 19.7 Å². The van der Waals surface area contributed by atoms with E-state index in [0.29, 0.717) is 6.61 Å². The van der Waals surface area contributed by atoms with E-state index < -0.39 is 0 Å². The molecule has 2 bridgehead atoms. The van der Waals surface area contributed by atoms with Gasteiger partial charge in [-0.3, -0.25) is 4.79 Å². The number of rotatable bonds is 2. The quantitative estimate of drug-likeness (QED) is 0.674. The van der Waals surface area contributed by atoms with E-state index in [-0.39, 0.29) is 23.1 Å². The Labute approximate surface area is 89.3 Å². The van der Waals surface area contributed by atoms with E-state index in [1.54, 1.807) is 0 Å². The number of carbonyl (C=O) groups excluding carboxylic acids is 1. The van der Waals surface area contributed by atoms with Crippen molar-refractivity contribution in [3.8, 4) is 0 Å². The predicted octanol–water partition coefficient (Wildman–Crippen LogP) is 0.461. The second kappa shape index (κ2) is 2.95. The lowest BCUT2D eigenvalue weighted by Crippen LogP contribution is -2.70. The molecule has 4 nitrogen and oxygen atoms in total. The van der Waals surface area contributed by atoms with Gasteiger partial charge in [0.25, 0.3) is 0 Å². The van der Waals surface area contributed by atoms with E-state index in [4.69, 9.17) is 9.47 Å². The number of ether oxygens (including phenoxy) is 2. The average Bonchev–Trinajstić information content (AvgIpc) is 2.72. The molecule has 2 unspecified atom stereocenters.